The van der Waals surface area contributed by atoms with Gasteiger partial charge in [-0.1, -0.05) is 0 Å². The van der Waals surface area contributed by atoms with Crippen molar-refractivity contribution >= 4 is 23.6 Å². The van der Waals surface area contributed by atoms with Crippen LogP contribution in [0.3, 0.4) is 0 Å². The average molecular weight is 244 g/mol. The molecule has 1 aliphatic rings. The summed E-state index contributed by atoms with van der Waals surface area (Å²) < 4.78 is 0. The van der Waals surface area contributed by atoms with E-state index in [0.717, 1.165) is 12.2 Å². The normalized spacial score (nSPS) is 17.5. The van der Waals surface area contributed by atoms with Crippen molar-refractivity contribution in [1.29, 1.82) is 0 Å². The van der Waals surface area contributed by atoms with Gasteiger partial charge in [0.2, 0.25) is 0 Å². The quantitative estimate of drug-likeness (QED) is 0.531. The molecule has 0 saturated carbocycles. The fraction of sp³-hybridized carbons (Fsp3) is 0.818. The minimum Gasteiger partial charge on any atom is -0.333 e. The first-order valence-corrected chi connectivity index (χ1v) is 7.06. The molecule has 0 aromatic rings. The van der Waals surface area contributed by atoms with Gasteiger partial charge in [-0.2, -0.15) is 11.8 Å². The molecular weight excluding hydrogens is 224 g/mol. The first kappa shape index (κ1) is 13.4. The highest BCUT2D eigenvalue weighted by Crippen LogP contribution is 2.09. The topological polar surface area (TPSA) is 40.6 Å². The van der Waals surface area contributed by atoms with Crippen LogP contribution in [0.5, 0.6) is 0 Å². The van der Waals surface area contributed by atoms with Crippen LogP contribution in [0.1, 0.15) is 20.3 Å². The zero-order valence-electron chi connectivity index (χ0n) is 10.2. The summed E-state index contributed by atoms with van der Waals surface area (Å²) in [4.78, 5) is 26.8. The summed E-state index contributed by atoms with van der Waals surface area (Å²) in [5, 5.41) is 0. The first-order chi connectivity index (χ1) is 7.57. The largest absolute Gasteiger partial charge is 0.333 e. The molecule has 0 radical (unpaired) electrons. The minimum absolute atomic E-state index is 0.116. The lowest BCUT2D eigenvalue weighted by Crippen LogP contribution is -2.56. The highest BCUT2D eigenvalue weighted by Gasteiger charge is 2.33. The zero-order chi connectivity index (χ0) is 12.1. The molecule has 16 heavy (non-hydrogen) atoms. The van der Waals surface area contributed by atoms with E-state index in [1.54, 1.807) is 21.6 Å². The van der Waals surface area contributed by atoms with Gasteiger partial charge in [0.25, 0.3) is 0 Å². The maximum atomic E-state index is 11.8. The highest BCUT2D eigenvalue weighted by atomic mass is 32.2. The SMILES string of the molecule is CSCCCN1CCN(C(C)C)C(=O)C1=O. The standard InChI is InChI=1S/C11H20N2O2S/c1-9(2)13-7-6-12(5-4-8-16-3)10(14)11(13)15/h9H,4-8H2,1-3H3. The Bertz CT molecular complexity index is 269. The van der Waals surface area contributed by atoms with Crippen LogP contribution in [0.15, 0.2) is 0 Å². The lowest BCUT2D eigenvalue weighted by molar-refractivity contribution is -0.157. The summed E-state index contributed by atoms with van der Waals surface area (Å²) in [6, 6.07) is 0.116. The Labute approximate surface area is 101 Å². The molecule has 4 nitrogen and oxygen atoms in total. The van der Waals surface area contributed by atoms with E-state index in [2.05, 4.69) is 0 Å². The van der Waals surface area contributed by atoms with E-state index >= 15 is 0 Å². The number of hydrogen-bond donors (Lipinski definition) is 0. The van der Waals surface area contributed by atoms with Crippen molar-refractivity contribution in [2.24, 2.45) is 0 Å². The molecule has 1 fully saturated rings. The number of rotatable bonds is 5. The Kier molecular flexibility index (Phi) is 5.12. The number of carbonyl (C=O) groups excluding carboxylic acids is 2. The van der Waals surface area contributed by atoms with Crippen molar-refractivity contribution in [3.05, 3.63) is 0 Å². The number of hydrogen-bond acceptors (Lipinski definition) is 3. The van der Waals surface area contributed by atoms with Crippen molar-refractivity contribution in [3.8, 4) is 0 Å². The summed E-state index contributed by atoms with van der Waals surface area (Å²) in [6.45, 7) is 5.93. The number of thioether (sulfide) groups is 1. The molecule has 0 aliphatic carbocycles. The Morgan fingerprint density at radius 3 is 2.50 bits per heavy atom. The van der Waals surface area contributed by atoms with E-state index in [9.17, 15) is 9.59 Å². The van der Waals surface area contributed by atoms with Gasteiger partial charge < -0.3 is 9.80 Å². The number of carbonyl (C=O) groups is 2. The van der Waals surface area contributed by atoms with Crippen LogP contribution in [0.25, 0.3) is 0 Å². The molecule has 0 unspecified atom stereocenters. The van der Waals surface area contributed by atoms with Crippen molar-refractivity contribution in [1.82, 2.24) is 9.80 Å². The Morgan fingerprint density at radius 1 is 1.25 bits per heavy atom. The summed E-state index contributed by atoms with van der Waals surface area (Å²) in [7, 11) is 0. The Balaban J connectivity index is 2.48. The maximum Gasteiger partial charge on any atom is 0.312 e. The molecule has 1 rings (SSSR count). The van der Waals surface area contributed by atoms with Crippen LogP contribution >= 0.6 is 11.8 Å². The predicted molar refractivity (Wildman–Crippen MR) is 66.4 cm³/mol. The molecule has 5 heteroatoms. The first-order valence-electron chi connectivity index (χ1n) is 5.66. The Hall–Kier alpha value is -0.710. The lowest BCUT2D eigenvalue weighted by Gasteiger charge is -2.36. The number of piperazine rings is 1. The third-order valence-electron chi connectivity index (χ3n) is 2.74. The second kappa shape index (κ2) is 6.13. The second-order valence-electron chi connectivity index (χ2n) is 4.23. The molecule has 1 heterocycles. The van der Waals surface area contributed by atoms with Gasteiger partial charge in [-0.25, -0.2) is 0 Å². The van der Waals surface area contributed by atoms with Crippen LogP contribution < -0.4 is 0 Å². The predicted octanol–water partition coefficient (Wildman–Crippen LogP) is 0.819. The van der Waals surface area contributed by atoms with E-state index in [0.29, 0.717) is 19.6 Å². The fourth-order valence-electron chi connectivity index (χ4n) is 1.80. The van der Waals surface area contributed by atoms with E-state index in [4.69, 9.17) is 0 Å². The van der Waals surface area contributed by atoms with Gasteiger partial charge in [0.1, 0.15) is 0 Å². The molecule has 92 valence electrons. The Morgan fingerprint density at radius 2 is 1.94 bits per heavy atom. The molecular formula is C11H20N2O2S. The summed E-state index contributed by atoms with van der Waals surface area (Å²) in [5.41, 5.74) is 0. The van der Waals surface area contributed by atoms with Gasteiger partial charge in [-0.05, 0) is 32.3 Å². The van der Waals surface area contributed by atoms with Crippen LogP contribution in [-0.2, 0) is 9.59 Å². The van der Waals surface area contributed by atoms with Crippen molar-refractivity contribution in [2.45, 2.75) is 26.3 Å². The molecule has 0 N–H and O–H groups in total. The third kappa shape index (κ3) is 3.14. The van der Waals surface area contributed by atoms with E-state index in [1.807, 2.05) is 20.1 Å². The van der Waals surface area contributed by atoms with Crippen LogP contribution in [0.2, 0.25) is 0 Å². The fourth-order valence-corrected chi connectivity index (χ4v) is 2.21. The second-order valence-corrected chi connectivity index (χ2v) is 5.22. The smallest absolute Gasteiger partial charge is 0.312 e. The van der Waals surface area contributed by atoms with Gasteiger partial charge >= 0.3 is 11.8 Å². The highest BCUT2D eigenvalue weighted by molar-refractivity contribution is 7.98. The lowest BCUT2D eigenvalue weighted by atomic mass is 10.2. The average Bonchev–Trinajstić information content (AvgIpc) is 2.24. The van der Waals surface area contributed by atoms with Gasteiger partial charge in [0.15, 0.2) is 0 Å². The van der Waals surface area contributed by atoms with Gasteiger partial charge in [0, 0.05) is 25.7 Å². The maximum absolute atomic E-state index is 11.8. The van der Waals surface area contributed by atoms with E-state index in [1.165, 1.54) is 0 Å². The molecule has 0 aromatic heterocycles. The molecule has 0 atom stereocenters. The van der Waals surface area contributed by atoms with Crippen LogP contribution in [0.4, 0.5) is 0 Å². The molecule has 2 amide bonds. The molecule has 0 aromatic carbocycles. The summed E-state index contributed by atoms with van der Waals surface area (Å²) in [6.07, 6.45) is 3.01. The number of amides is 2. The molecule has 1 saturated heterocycles. The zero-order valence-corrected chi connectivity index (χ0v) is 11.0. The summed E-state index contributed by atoms with van der Waals surface area (Å²) >= 11 is 1.76. The van der Waals surface area contributed by atoms with Crippen molar-refractivity contribution in [2.75, 3.05) is 31.6 Å². The molecule has 1 aliphatic heterocycles. The van der Waals surface area contributed by atoms with E-state index < -0.39 is 0 Å². The van der Waals surface area contributed by atoms with Gasteiger partial charge in [-0.15, -0.1) is 0 Å². The van der Waals surface area contributed by atoms with Crippen LogP contribution in [0, 0.1) is 0 Å². The van der Waals surface area contributed by atoms with Gasteiger partial charge in [0.05, 0.1) is 0 Å². The summed E-state index contributed by atoms with van der Waals surface area (Å²) in [5.74, 6) is 0.359. The van der Waals surface area contributed by atoms with E-state index in [-0.39, 0.29) is 17.9 Å². The van der Waals surface area contributed by atoms with Gasteiger partial charge in [-0.3, -0.25) is 9.59 Å². The molecule has 0 spiro atoms. The van der Waals surface area contributed by atoms with Crippen LogP contribution in [-0.4, -0.2) is 59.3 Å². The monoisotopic (exact) mass is 244 g/mol. The number of nitrogens with zero attached hydrogens (tertiary/aromatic N) is 2. The molecule has 0 bridgehead atoms. The van der Waals surface area contributed by atoms with Crippen molar-refractivity contribution < 1.29 is 9.59 Å². The van der Waals surface area contributed by atoms with Crippen molar-refractivity contribution in [3.63, 3.8) is 0 Å². The minimum atomic E-state index is -0.342. The third-order valence-corrected chi connectivity index (χ3v) is 3.44.